The zero-order chi connectivity index (χ0) is 30.6. The molecule has 1 aliphatic carbocycles. The molecule has 228 valence electrons. The molecule has 2 heterocycles. The van der Waals surface area contributed by atoms with Crippen molar-refractivity contribution in [3.63, 3.8) is 0 Å². The number of amides is 2. The smallest absolute Gasteiger partial charge is 0.275 e. The maximum Gasteiger partial charge on any atom is 0.275 e. The first kappa shape index (κ1) is 30.3. The number of ether oxygens (including phenoxy) is 2. The third-order valence-corrected chi connectivity index (χ3v) is 9.67. The van der Waals surface area contributed by atoms with Gasteiger partial charge < -0.3 is 24.8 Å². The predicted octanol–water partition coefficient (Wildman–Crippen LogP) is 7.44. The topological polar surface area (TPSA) is 101 Å². The highest BCUT2D eigenvalue weighted by molar-refractivity contribution is 7.15. The van der Waals surface area contributed by atoms with Gasteiger partial charge in [0.2, 0.25) is 0 Å². The highest BCUT2D eigenvalue weighted by Gasteiger charge is 2.31. The van der Waals surface area contributed by atoms with E-state index in [-0.39, 0.29) is 24.4 Å². The molecular formula is C34H34ClN3O5S. The van der Waals surface area contributed by atoms with Crippen LogP contribution in [0.2, 0.25) is 5.02 Å². The maximum atomic E-state index is 13.6. The third kappa shape index (κ3) is 6.97. The Labute approximate surface area is 265 Å². The zero-order valence-corrected chi connectivity index (χ0v) is 26.0. The Morgan fingerprint density at radius 3 is 2.41 bits per heavy atom. The molecule has 0 bridgehead atoms. The largest absolute Gasteiger partial charge is 0.508 e. The fourth-order valence-corrected chi connectivity index (χ4v) is 6.91. The minimum Gasteiger partial charge on any atom is -0.508 e. The lowest BCUT2D eigenvalue weighted by atomic mass is 9.89. The van der Waals surface area contributed by atoms with Crippen molar-refractivity contribution in [3.05, 3.63) is 99.1 Å². The van der Waals surface area contributed by atoms with Crippen LogP contribution in [0.5, 0.6) is 5.75 Å². The number of thiazole rings is 1. The molecular weight excluding hydrogens is 598 g/mol. The highest BCUT2D eigenvalue weighted by atomic mass is 35.5. The number of phenols is 1. The third-order valence-electron chi connectivity index (χ3n) is 8.07. The molecule has 2 amide bonds. The van der Waals surface area contributed by atoms with E-state index in [1.54, 1.807) is 49.6 Å². The summed E-state index contributed by atoms with van der Waals surface area (Å²) in [4.78, 5) is 34.4. The zero-order valence-electron chi connectivity index (χ0n) is 24.4. The van der Waals surface area contributed by atoms with Gasteiger partial charge in [0.1, 0.15) is 18.2 Å². The summed E-state index contributed by atoms with van der Waals surface area (Å²) >= 11 is 8.02. The first-order valence-corrected chi connectivity index (χ1v) is 15.9. The number of nitrogens with one attached hydrogen (secondary N) is 1. The highest BCUT2D eigenvalue weighted by Crippen LogP contribution is 2.45. The summed E-state index contributed by atoms with van der Waals surface area (Å²) in [6.45, 7) is 2.01. The van der Waals surface area contributed by atoms with Gasteiger partial charge in [-0.2, -0.15) is 0 Å². The van der Waals surface area contributed by atoms with Gasteiger partial charge in [0.25, 0.3) is 11.8 Å². The molecule has 4 aromatic rings. The van der Waals surface area contributed by atoms with E-state index >= 15 is 0 Å². The second kappa shape index (κ2) is 13.5. The van der Waals surface area contributed by atoms with E-state index in [1.165, 1.54) is 16.9 Å². The Kier molecular flexibility index (Phi) is 9.28. The van der Waals surface area contributed by atoms with Gasteiger partial charge in [-0.05, 0) is 90.8 Å². The number of aromatic nitrogens is 1. The normalized spacial score (nSPS) is 15.4. The molecule has 0 atom stereocenters. The molecule has 6 rings (SSSR count). The molecule has 1 aliphatic heterocycles. The number of hydrogen-bond acceptors (Lipinski definition) is 7. The Balaban J connectivity index is 1.12. The van der Waals surface area contributed by atoms with Gasteiger partial charge >= 0.3 is 0 Å². The van der Waals surface area contributed by atoms with Crippen LogP contribution < -0.4 is 5.32 Å². The number of hydrogen-bond donors (Lipinski definition) is 2. The summed E-state index contributed by atoms with van der Waals surface area (Å²) in [6.07, 6.45) is 3.85. The minimum absolute atomic E-state index is 0.148. The molecule has 1 saturated carbocycles. The van der Waals surface area contributed by atoms with Crippen molar-refractivity contribution in [2.24, 2.45) is 0 Å². The van der Waals surface area contributed by atoms with E-state index in [9.17, 15) is 14.7 Å². The van der Waals surface area contributed by atoms with Gasteiger partial charge in [-0.25, -0.2) is 4.98 Å². The number of aromatic hydroxyl groups is 1. The van der Waals surface area contributed by atoms with Crippen molar-refractivity contribution in [2.45, 2.75) is 44.1 Å². The minimum atomic E-state index is -0.353. The van der Waals surface area contributed by atoms with Crippen molar-refractivity contribution in [1.29, 1.82) is 0 Å². The first-order valence-electron chi connectivity index (χ1n) is 14.8. The Hall–Kier alpha value is -3.76. The molecule has 2 aliphatic rings. The Morgan fingerprint density at radius 1 is 1.00 bits per heavy atom. The van der Waals surface area contributed by atoms with Crippen molar-refractivity contribution in [1.82, 2.24) is 9.88 Å². The monoisotopic (exact) mass is 631 g/mol. The van der Waals surface area contributed by atoms with Crippen molar-refractivity contribution < 1.29 is 24.2 Å². The quantitative estimate of drug-likeness (QED) is 0.139. The number of piperidine rings is 1. The summed E-state index contributed by atoms with van der Waals surface area (Å²) in [5, 5.41) is 14.0. The van der Waals surface area contributed by atoms with E-state index in [0.29, 0.717) is 53.5 Å². The molecule has 0 radical (unpaired) electrons. The van der Waals surface area contributed by atoms with E-state index in [2.05, 4.69) is 29.6 Å². The van der Waals surface area contributed by atoms with Gasteiger partial charge in [-0.15, -0.1) is 11.3 Å². The second-order valence-electron chi connectivity index (χ2n) is 11.3. The van der Waals surface area contributed by atoms with Gasteiger partial charge in [0, 0.05) is 31.8 Å². The van der Waals surface area contributed by atoms with E-state index in [4.69, 9.17) is 26.1 Å². The second-order valence-corrected chi connectivity index (χ2v) is 12.7. The lowest BCUT2D eigenvalue weighted by Crippen LogP contribution is -2.38. The molecule has 2 fully saturated rings. The summed E-state index contributed by atoms with van der Waals surface area (Å²) < 4.78 is 10.4. The molecule has 2 N–H and O–H groups in total. The average Bonchev–Trinajstić information content (AvgIpc) is 3.80. The number of methoxy groups -OCH3 is 1. The van der Waals surface area contributed by atoms with Crippen LogP contribution in [0.3, 0.4) is 0 Å². The maximum absolute atomic E-state index is 13.6. The number of carbonyl (C=O) groups excluding carboxylic acids is 2. The number of carbonyl (C=O) groups is 2. The SMILES string of the molecule is COCOCc1ccc(C2CCN(C(=O)c3cc(NC(=O)c4nc(C5CC5)sc4-c4ccc(O)cc4)ccc3Cl)CC2)cc1. The van der Waals surface area contributed by atoms with Gasteiger partial charge in [0.15, 0.2) is 0 Å². The van der Waals surface area contributed by atoms with Crippen LogP contribution in [-0.2, 0) is 16.1 Å². The van der Waals surface area contributed by atoms with Crippen LogP contribution in [0.15, 0.2) is 66.7 Å². The summed E-state index contributed by atoms with van der Waals surface area (Å²) in [5.74, 6) is 0.420. The van der Waals surface area contributed by atoms with Crippen molar-refractivity contribution in [3.8, 4) is 16.2 Å². The number of phenolic OH excluding ortho intramolecular Hbond substituents is 1. The average molecular weight is 632 g/mol. The fourth-order valence-electron chi connectivity index (χ4n) is 5.48. The molecule has 3 aromatic carbocycles. The number of likely N-dealkylation sites (tertiary alicyclic amines) is 1. The molecule has 8 nitrogen and oxygen atoms in total. The summed E-state index contributed by atoms with van der Waals surface area (Å²) in [6, 6.07) is 20.2. The summed E-state index contributed by atoms with van der Waals surface area (Å²) in [5.41, 5.74) is 4.34. The van der Waals surface area contributed by atoms with Crippen LogP contribution in [0.1, 0.15) is 74.5 Å². The number of halogens is 1. The van der Waals surface area contributed by atoms with Gasteiger partial charge in [0.05, 0.1) is 27.1 Å². The first-order chi connectivity index (χ1) is 21.4. The van der Waals surface area contributed by atoms with Crippen LogP contribution >= 0.6 is 22.9 Å². The standard InChI is InChI=1S/C34H34ClN3O5S/c1-42-20-43-19-21-2-4-22(5-3-21)23-14-16-38(17-15-23)34(41)28-18-26(10-13-29(28)35)36-32(40)30-31(24-8-11-27(39)12-9-24)44-33(37-30)25-6-7-25/h2-5,8-13,18,23,25,39H,6-7,14-17,19-20H2,1H3,(H,36,40). The molecule has 0 spiro atoms. The van der Waals surface area contributed by atoms with Crippen LogP contribution in [0.25, 0.3) is 10.4 Å². The van der Waals surface area contributed by atoms with E-state index in [1.807, 2.05) is 4.90 Å². The number of rotatable bonds is 10. The number of nitrogens with zero attached hydrogens (tertiary/aromatic N) is 2. The lowest BCUT2D eigenvalue weighted by Gasteiger charge is -2.32. The predicted molar refractivity (Wildman–Crippen MR) is 172 cm³/mol. The Bertz CT molecular complexity index is 1630. The van der Waals surface area contributed by atoms with E-state index in [0.717, 1.165) is 46.7 Å². The number of benzene rings is 3. The Morgan fingerprint density at radius 2 is 1.73 bits per heavy atom. The molecule has 0 unspecified atom stereocenters. The van der Waals surface area contributed by atoms with Crippen molar-refractivity contribution >= 4 is 40.4 Å². The van der Waals surface area contributed by atoms with E-state index < -0.39 is 0 Å². The van der Waals surface area contributed by atoms with Crippen LogP contribution in [-0.4, -0.2) is 53.8 Å². The summed E-state index contributed by atoms with van der Waals surface area (Å²) in [7, 11) is 1.60. The number of anilines is 1. The van der Waals surface area contributed by atoms with Gasteiger partial charge in [-0.3, -0.25) is 9.59 Å². The van der Waals surface area contributed by atoms with Crippen molar-refractivity contribution in [2.75, 3.05) is 32.3 Å². The van der Waals surface area contributed by atoms with Gasteiger partial charge in [-0.1, -0.05) is 35.9 Å². The molecule has 1 saturated heterocycles. The fraction of sp³-hybridized carbons (Fsp3) is 0.324. The van der Waals surface area contributed by atoms with Crippen LogP contribution in [0.4, 0.5) is 5.69 Å². The molecule has 10 heteroatoms. The molecule has 44 heavy (non-hydrogen) atoms. The van der Waals surface area contributed by atoms with Crippen LogP contribution in [0, 0.1) is 0 Å². The molecule has 1 aromatic heterocycles. The lowest BCUT2D eigenvalue weighted by molar-refractivity contribution is -0.0390.